The molecule has 0 aliphatic heterocycles. The van der Waals surface area contributed by atoms with E-state index >= 15 is 0 Å². The minimum atomic E-state index is 0.281. The van der Waals surface area contributed by atoms with Crippen LogP contribution in [0, 0.1) is 0 Å². The number of methoxy groups -OCH3 is 1. The molecule has 0 unspecified atom stereocenters. The maximum Gasteiger partial charge on any atom is 0.120 e. The van der Waals surface area contributed by atoms with Gasteiger partial charge in [-0.1, -0.05) is 36.4 Å². The van der Waals surface area contributed by atoms with Crippen LogP contribution >= 0.6 is 0 Å². The topological polar surface area (TPSA) is 21.3 Å². The summed E-state index contributed by atoms with van der Waals surface area (Å²) in [6.45, 7) is 2.15. The average Bonchev–Trinajstić information content (AvgIpc) is 2.40. The van der Waals surface area contributed by atoms with Gasteiger partial charge in [0.1, 0.15) is 5.75 Å². The Morgan fingerprint density at radius 1 is 1.00 bits per heavy atom. The molecular formula is C15H17NO. The quantitative estimate of drug-likeness (QED) is 0.856. The lowest BCUT2D eigenvalue weighted by Gasteiger charge is -2.16. The van der Waals surface area contributed by atoms with Crippen molar-refractivity contribution in [1.82, 2.24) is 0 Å². The lowest BCUT2D eigenvalue weighted by molar-refractivity contribution is 0.415. The number of anilines is 1. The van der Waals surface area contributed by atoms with Crippen molar-refractivity contribution in [2.45, 2.75) is 13.0 Å². The van der Waals surface area contributed by atoms with Crippen molar-refractivity contribution in [3.05, 3.63) is 60.2 Å². The summed E-state index contributed by atoms with van der Waals surface area (Å²) in [5.74, 6) is 0.871. The van der Waals surface area contributed by atoms with Gasteiger partial charge in [-0.05, 0) is 24.6 Å². The van der Waals surface area contributed by atoms with Gasteiger partial charge in [0.2, 0.25) is 0 Å². The largest absolute Gasteiger partial charge is 0.497 e. The van der Waals surface area contributed by atoms with E-state index in [-0.39, 0.29) is 6.04 Å². The molecule has 0 spiro atoms. The third-order valence-electron chi connectivity index (χ3n) is 2.75. The Morgan fingerprint density at radius 2 is 1.76 bits per heavy atom. The van der Waals surface area contributed by atoms with Gasteiger partial charge >= 0.3 is 0 Å². The summed E-state index contributed by atoms with van der Waals surface area (Å²) >= 11 is 0. The van der Waals surface area contributed by atoms with E-state index in [4.69, 9.17) is 4.74 Å². The van der Waals surface area contributed by atoms with Crippen LogP contribution in [0.1, 0.15) is 18.5 Å². The Bertz CT molecular complexity index is 467. The third kappa shape index (κ3) is 3.00. The highest BCUT2D eigenvalue weighted by Gasteiger charge is 2.04. The predicted molar refractivity (Wildman–Crippen MR) is 71.5 cm³/mol. The van der Waals surface area contributed by atoms with Gasteiger partial charge in [-0.3, -0.25) is 0 Å². The first-order valence-electron chi connectivity index (χ1n) is 5.75. The lowest BCUT2D eigenvalue weighted by Crippen LogP contribution is -2.06. The molecule has 88 valence electrons. The molecule has 2 rings (SSSR count). The van der Waals surface area contributed by atoms with E-state index < -0.39 is 0 Å². The van der Waals surface area contributed by atoms with Crippen LogP contribution in [0.2, 0.25) is 0 Å². The first-order chi connectivity index (χ1) is 8.29. The highest BCUT2D eigenvalue weighted by Crippen LogP contribution is 2.22. The number of hydrogen-bond donors (Lipinski definition) is 1. The smallest absolute Gasteiger partial charge is 0.120 e. The van der Waals surface area contributed by atoms with E-state index in [0.29, 0.717) is 0 Å². The van der Waals surface area contributed by atoms with E-state index in [2.05, 4.69) is 36.5 Å². The number of hydrogen-bond acceptors (Lipinski definition) is 2. The normalized spacial score (nSPS) is 11.9. The van der Waals surface area contributed by atoms with Crippen molar-refractivity contribution in [2.75, 3.05) is 12.4 Å². The molecule has 0 aromatic heterocycles. The average molecular weight is 227 g/mol. The van der Waals surface area contributed by atoms with E-state index in [9.17, 15) is 0 Å². The van der Waals surface area contributed by atoms with E-state index in [1.165, 1.54) is 5.56 Å². The summed E-state index contributed by atoms with van der Waals surface area (Å²) in [7, 11) is 1.68. The second-order valence-corrected chi connectivity index (χ2v) is 4.01. The third-order valence-corrected chi connectivity index (χ3v) is 2.75. The molecule has 2 nitrogen and oxygen atoms in total. The fraction of sp³-hybridized carbons (Fsp3) is 0.200. The molecule has 0 bridgehead atoms. The minimum Gasteiger partial charge on any atom is -0.497 e. The first-order valence-corrected chi connectivity index (χ1v) is 5.75. The molecule has 0 radical (unpaired) electrons. The van der Waals surface area contributed by atoms with Gasteiger partial charge in [0.25, 0.3) is 0 Å². The first kappa shape index (κ1) is 11.5. The molecule has 0 aliphatic carbocycles. The molecule has 1 N–H and O–H groups in total. The molecule has 0 saturated carbocycles. The molecule has 0 fully saturated rings. The standard InChI is InChI=1S/C15H17NO/c1-12(13-7-4-3-5-8-13)16-14-9-6-10-15(11-14)17-2/h3-12,16H,1-2H3/t12-/m1/s1. The zero-order valence-electron chi connectivity index (χ0n) is 10.2. The van der Waals surface area contributed by atoms with Crippen LogP contribution < -0.4 is 10.1 Å². The van der Waals surface area contributed by atoms with Gasteiger partial charge in [-0.2, -0.15) is 0 Å². The summed E-state index contributed by atoms with van der Waals surface area (Å²) in [4.78, 5) is 0. The van der Waals surface area contributed by atoms with Crippen molar-refractivity contribution in [3.8, 4) is 5.75 Å². The van der Waals surface area contributed by atoms with Crippen LogP contribution in [0.15, 0.2) is 54.6 Å². The Labute approximate surface area is 102 Å². The van der Waals surface area contributed by atoms with Crippen LogP contribution in [-0.2, 0) is 0 Å². The SMILES string of the molecule is COc1cccc(N[C@H](C)c2ccccc2)c1. The van der Waals surface area contributed by atoms with Crippen LogP contribution in [0.4, 0.5) is 5.69 Å². The molecule has 0 amide bonds. The van der Waals surface area contributed by atoms with Gasteiger partial charge in [0, 0.05) is 17.8 Å². The van der Waals surface area contributed by atoms with Crippen LogP contribution in [0.5, 0.6) is 5.75 Å². The monoisotopic (exact) mass is 227 g/mol. The molecule has 17 heavy (non-hydrogen) atoms. The predicted octanol–water partition coefficient (Wildman–Crippen LogP) is 3.87. The van der Waals surface area contributed by atoms with Crippen molar-refractivity contribution < 1.29 is 4.74 Å². The summed E-state index contributed by atoms with van der Waals surface area (Å²) < 4.78 is 5.20. The highest BCUT2D eigenvalue weighted by molar-refractivity contribution is 5.49. The molecule has 1 atom stereocenters. The van der Waals surface area contributed by atoms with Gasteiger partial charge in [-0.25, -0.2) is 0 Å². The van der Waals surface area contributed by atoms with Gasteiger partial charge in [-0.15, -0.1) is 0 Å². The van der Waals surface area contributed by atoms with Crippen LogP contribution in [0.25, 0.3) is 0 Å². The Kier molecular flexibility index (Phi) is 3.66. The van der Waals surface area contributed by atoms with Crippen molar-refractivity contribution >= 4 is 5.69 Å². The minimum absolute atomic E-state index is 0.281. The molecular weight excluding hydrogens is 210 g/mol. The van der Waals surface area contributed by atoms with E-state index in [0.717, 1.165) is 11.4 Å². The highest BCUT2D eigenvalue weighted by atomic mass is 16.5. The van der Waals surface area contributed by atoms with Crippen molar-refractivity contribution in [2.24, 2.45) is 0 Å². The zero-order valence-corrected chi connectivity index (χ0v) is 10.2. The summed E-state index contributed by atoms with van der Waals surface area (Å²) in [6.07, 6.45) is 0. The Morgan fingerprint density at radius 3 is 2.47 bits per heavy atom. The molecule has 2 aromatic carbocycles. The van der Waals surface area contributed by atoms with Gasteiger partial charge < -0.3 is 10.1 Å². The fourth-order valence-electron chi connectivity index (χ4n) is 1.79. The maximum atomic E-state index is 5.20. The molecule has 0 saturated heterocycles. The van der Waals surface area contributed by atoms with E-state index in [1.807, 2.05) is 30.3 Å². The van der Waals surface area contributed by atoms with Gasteiger partial charge in [0.15, 0.2) is 0 Å². The molecule has 0 heterocycles. The number of nitrogens with one attached hydrogen (secondary N) is 1. The van der Waals surface area contributed by atoms with Crippen molar-refractivity contribution in [3.63, 3.8) is 0 Å². The summed E-state index contributed by atoms with van der Waals surface area (Å²) in [6, 6.07) is 18.6. The van der Waals surface area contributed by atoms with Crippen LogP contribution in [-0.4, -0.2) is 7.11 Å². The maximum absolute atomic E-state index is 5.20. The molecule has 2 heteroatoms. The Hall–Kier alpha value is -1.96. The number of benzene rings is 2. The van der Waals surface area contributed by atoms with Gasteiger partial charge in [0.05, 0.1) is 7.11 Å². The summed E-state index contributed by atoms with van der Waals surface area (Å²) in [5, 5.41) is 3.45. The second-order valence-electron chi connectivity index (χ2n) is 4.01. The number of rotatable bonds is 4. The fourth-order valence-corrected chi connectivity index (χ4v) is 1.79. The van der Waals surface area contributed by atoms with E-state index in [1.54, 1.807) is 7.11 Å². The second kappa shape index (κ2) is 5.39. The lowest BCUT2D eigenvalue weighted by atomic mass is 10.1. The number of ether oxygens (including phenoxy) is 1. The molecule has 2 aromatic rings. The molecule has 0 aliphatic rings. The Balaban J connectivity index is 2.10. The summed E-state index contributed by atoms with van der Waals surface area (Å²) in [5.41, 5.74) is 2.34. The van der Waals surface area contributed by atoms with Crippen molar-refractivity contribution in [1.29, 1.82) is 0 Å². The zero-order chi connectivity index (χ0) is 12.1. The van der Waals surface area contributed by atoms with Crippen LogP contribution in [0.3, 0.4) is 0 Å².